The van der Waals surface area contributed by atoms with E-state index in [0.717, 1.165) is 34.5 Å². The summed E-state index contributed by atoms with van der Waals surface area (Å²) in [7, 11) is 1.58. The van der Waals surface area contributed by atoms with Crippen LogP contribution in [-0.2, 0) is 17.9 Å². The molecule has 1 N–H and O–H groups in total. The Labute approximate surface area is 206 Å². The second kappa shape index (κ2) is 11.1. The van der Waals surface area contributed by atoms with Gasteiger partial charge in [-0.15, -0.1) is 0 Å². The molecule has 1 aliphatic heterocycles. The van der Waals surface area contributed by atoms with Crippen LogP contribution in [0.5, 0.6) is 11.5 Å². The lowest BCUT2D eigenvalue weighted by molar-refractivity contribution is 0.122. The summed E-state index contributed by atoms with van der Waals surface area (Å²) in [6, 6.07) is 16.4. The molecular formula is C25H25BrClFN2O3. The summed E-state index contributed by atoms with van der Waals surface area (Å²) in [5, 5.41) is 4.11. The van der Waals surface area contributed by atoms with Gasteiger partial charge in [-0.05, 0) is 57.9 Å². The van der Waals surface area contributed by atoms with Crippen LogP contribution in [0, 0.1) is 5.82 Å². The van der Waals surface area contributed by atoms with Crippen LogP contribution < -0.4 is 19.7 Å². The third-order valence-corrected chi connectivity index (χ3v) is 6.31. The number of rotatable bonds is 8. The standard InChI is InChI=1S/C25H25BrClFN2O3/c1-31-24-13-17(12-20(26)25(24)33-16-18-4-2-3-5-22(18)28)15-29-19-6-7-23(21(27)14-19)30-8-10-32-11-9-30/h2-7,12-14,29H,8-11,15-16H2,1H3. The minimum atomic E-state index is -0.299. The van der Waals surface area contributed by atoms with Crippen molar-refractivity contribution in [2.24, 2.45) is 0 Å². The molecule has 0 aromatic heterocycles. The molecular weight excluding hydrogens is 511 g/mol. The van der Waals surface area contributed by atoms with E-state index < -0.39 is 0 Å². The molecule has 0 amide bonds. The maximum Gasteiger partial charge on any atom is 0.175 e. The van der Waals surface area contributed by atoms with Crippen LogP contribution in [0.2, 0.25) is 5.02 Å². The Morgan fingerprint density at radius 3 is 2.64 bits per heavy atom. The molecule has 0 saturated carbocycles. The Hall–Kier alpha value is -2.48. The number of methoxy groups -OCH3 is 1. The lowest BCUT2D eigenvalue weighted by Crippen LogP contribution is -2.36. The van der Waals surface area contributed by atoms with E-state index in [2.05, 4.69) is 26.1 Å². The summed E-state index contributed by atoms with van der Waals surface area (Å²) >= 11 is 10.1. The predicted octanol–water partition coefficient (Wildman–Crippen LogP) is 6.28. The fourth-order valence-electron chi connectivity index (χ4n) is 3.66. The Bertz CT molecular complexity index is 1110. The van der Waals surface area contributed by atoms with Gasteiger partial charge in [-0.2, -0.15) is 0 Å². The van der Waals surface area contributed by atoms with Gasteiger partial charge in [-0.25, -0.2) is 4.39 Å². The van der Waals surface area contributed by atoms with E-state index in [4.69, 9.17) is 25.8 Å². The highest BCUT2D eigenvalue weighted by atomic mass is 79.9. The third kappa shape index (κ3) is 5.91. The van der Waals surface area contributed by atoms with E-state index in [0.29, 0.717) is 41.8 Å². The first-order valence-electron chi connectivity index (χ1n) is 10.6. The minimum absolute atomic E-state index is 0.104. The van der Waals surface area contributed by atoms with Crippen molar-refractivity contribution >= 4 is 38.9 Å². The van der Waals surface area contributed by atoms with Crippen molar-refractivity contribution in [2.45, 2.75) is 13.2 Å². The molecule has 1 aliphatic rings. The largest absolute Gasteiger partial charge is 0.493 e. The molecule has 0 spiro atoms. The average Bonchev–Trinajstić information content (AvgIpc) is 2.83. The molecule has 8 heteroatoms. The maximum atomic E-state index is 13.9. The van der Waals surface area contributed by atoms with E-state index in [1.807, 2.05) is 30.3 Å². The number of hydrogen-bond acceptors (Lipinski definition) is 5. The monoisotopic (exact) mass is 534 g/mol. The fraction of sp³-hybridized carbons (Fsp3) is 0.280. The van der Waals surface area contributed by atoms with Gasteiger partial charge in [0.2, 0.25) is 0 Å². The normalized spacial score (nSPS) is 13.6. The number of nitrogens with one attached hydrogen (secondary N) is 1. The topological polar surface area (TPSA) is 43.0 Å². The zero-order valence-corrected chi connectivity index (χ0v) is 20.6. The van der Waals surface area contributed by atoms with Crippen LogP contribution in [0.15, 0.2) is 59.1 Å². The minimum Gasteiger partial charge on any atom is -0.493 e. The van der Waals surface area contributed by atoms with Gasteiger partial charge < -0.3 is 24.4 Å². The molecule has 0 atom stereocenters. The quantitative estimate of drug-likeness (QED) is 0.368. The lowest BCUT2D eigenvalue weighted by atomic mass is 10.2. The molecule has 5 nitrogen and oxygen atoms in total. The molecule has 4 rings (SSSR count). The van der Waals surface area contributed by atoms with Gasteiger partial charge >= 0.3 is 0 Å². The van der Waals surface area contributed by atoms with Crippen LogP contribution >= 0.6 is 27.5 Å². The molecule has 0 aliphatic carbocycles. The SMILES string of the molecule is COc1cc(CNc2ccc(N3CCOCC3)c(Cl)c2)cc(Br)c1OCc1ccccc1F. The van der Waals surface area contributed by atoms with E-state index in [9.17, 15) is 4.39 Å². The molecule has 3 aromatic carbocycles. The first-order valence-corrected chi connectivity index (χ1v) is 11.8. The zero-order chi connectivity index (χ0) is 23.2. The fourth-order valence-corrected chi connectivity index (χ4v) is 4.57. The van der Waals surface area contributed by atoms with Crippen LogP contribution in [0.25, 0.3) is 0 Å². The molecule has 0 unspecified atom stereocenters. The van der Waals surface area contributed by atoms with Gasteiger partial charge in [0.05, 0.1) is 35.5 Å². The van der Waals surface area contributed by atoms with Crippen molar-refractivity contribution in [1.29, 1.82) is 0 Å². The van der Waals surface area contributed by atoms with Gasteiger partial charge in [0.15, 0.2) is 11.5 Å². The highest BCUT2D eigenvalue weighted by Crippen LogP contribution is 2.38. The second-order valence-electron chi connectivity index (χ2n) is 7.61. The van der Waals surface area contributed by atoms with Crippen molar-refractivity contribution in [1.82, 2.24) is 0 Å². The number of nitrogens with zero attached hydrogens (tertiary/aromatic N) is 1. The third-order valence-electron chi connectivity index (χ3n) is 5.42. The summed E-state index contributed by atoms with van der Waals surface area (Å²) in [5.74, 6) is 0.798. The average molecular weight is 536 g/mol. The Kier molecular flexibility index (Phi) is 7.96. The smallest absolute Gasteiger partial charge is 0.175 e. The van der Waals surface area contributed by atoms with E-state index in [1.54, 1.807) is 25.3 Å². The van der Waals surface area contributed by atoms with E-state index in [-0.39, 0.29) is 12.4 Å². The Balaban J connectivity index is 1.42. The summed E-state index contributed by atoms with van der Waals surface area (Å²) < 4.78 is 31.5. The van der Waals surface area contributed by atoms with Crippen LogP contribution in [0.3, 0.4) is 0 Å². The zero-order valence-electron chi connectivity index (χ0n) is 18.2. The van der Waals surface area contributed by atoms with Gasteiger partial charge in [0, 0.05) is 30.9 Å². The van der Waals surface area contributed by atoms with Gasteiger partial charge in [-0.1, -0.05) is 29.8 Å². The Morgan fingerprint density at radius 1 is 1.12 bits per heavy atom. The molecule has 1 heterocycles. The second-order valence-corrected chi connectivity index (χ2v) is 8.87. The van der Waals surface area contributed by atoms with Crippen LogP contribution in [0.1, 0.15) is 11.1 Å². The maximum absolute atomic E-state index is 13.9. The van der Waals surface area contributed by atoms with Crippen molar-refractivity contribution in [3.8, 4) is 11.5 Å². The highest BCUT2D eigenvalue weighted by Gasteiger charge is 2.15. The summed E-state index contributed by atoms with van der Waals surface area (Å²) in [5.41, 5.74) is 3.42. The van der Waals surface area contributed by atoms with Gasteiger partial charge in [0.1, 0.15) is 12.4 Å². The van der Waals surface area contributed by atoms with Gasteiger partial charge in [-0.3, -0.25) is 0 Å². The van der Waals surface area contributed by atoms with Crippen molar-refractivity contribution < 1.29 is 18.6 Å². The van der Waals surface area contributed by atoms with Crippen LogP contribution in [0.4, 0.5) is 15.8 Å². The number of benzene rings is 3. The molecule has 0 radical (unpaired) electrons. The molecule has 3 aromatic rings. The van der Waals surface area contributed by atoms with E-state index >= 15 is 0 Å². The first kappa shape index (κ1) is 23.7. The molecule has 1 fully saturated rings. The lowest BCUT2D eigenvalue weighted by Gasteiger charge is -2.29. The molecule has 174 valence electrons. The molecule has 33 heavy (non-hydrogen) atoms. The predicted molar refractivity (Wildman–Crippen MR) is 133 cm³/mol. The van der Waals surface area contributed by atoms with Gasteiger partial charge in [0.25, 0.3) is 0 Å². The number of ether oxygens (including phenoxy) is 3. The Morgan fingerprint density at radius 2 is 1.91 bits per heavy atom. The summed E-state index contributed by atoms with van der Waals surface area (Å²) in [6.07, 6.45) is 0. The molecule has 1 saturated heterocycles. The van der Waals surface area contributed by atoms with Crippen molar-refractivity contribution in [2.75, 3.05) is 43.6 Å². The number of halogens is 3. The van der Waals surface area contributed by atoms with Crippen molar-refractivity contribution in [3.05, 3.63) is 81.0 Å². The van der Waals surface area contributed by atoms with E-state index in [1.165, 1.54) is 6.07 Å². The number of morpholine rings is 1. The first-order chi connectivity index (χ1) is 16.0. The number of anilines is 2. The summed E-state index contributed by atoms with van der Waals surface area (Å²) in [6.45, 7) is 3.78. The van der Waals surface area contributed by atoms with Crippen LogP contribution in [-0.4, -0.2) is 33.4 Å². The number of hydrogen-bond donors (Lipinski definition) is 1. The highest BCUT2D eigenvalue weighted by molar-refractivity contribution is 9.10. The molecule has 0 bridgehead atoms. The van der Waals surface area contributed by atoms with Crippen molar-refractivity contribution in [3.63, 3.8) is 0 Å². The summed E-state index contributed by atoms with van der Waals surface area (Å²) in [4.78, 5) is 2.23.